The summed E-state index contributed by atoms with van der Waals surface area (Å²) < 4.78 is 11.1. The van der Waals surface area contributed by atoms with Crippen LogP contribution in [0.15, 0.2) is 46.9 Å². The maximum atomic E-state index is 12.8. The van der Waals surface area contributed by atoms with Gasteiger partial charge in [0.1, 0.15) is 17.2 Å². The van der Waals surface area contributed by atoms with Crippen molar-refractivity contribution in [2.45, 2.75) is 20.4 Å². The second kappa shape index (κ2) is 8.53. The van der Waals surface area contributed by atoms with Crippen molar-refractivity contribution in [1.29, 1.82) is 0 Å². The van der Waals surface area contributed by atoms with Gasteiger partial charge in [0.25, 0.3) is 5.91 Å². The second-order valence-electron chi connectivity index (χ2n) is 7.22. The highest BCUT2D eigenvalue weighted by Crippen LogP contribution is 2.21. The summed E-state index contributed by atoms with van der Waals surface area (Å²) in [4.78, 5) is 17.0. The van der Waals surface area contributed by atoms with Gasteiger partial charge in [-0.2, -0.15) is 5.10 Å². The van der Waals surface area contributed by atoms with E-state index in [2.05, 4.69) is 27.2 Å². The maximum absolute atomic E-state index is 12.8. The van der Waals surface area contributed by atoms with Crippen LogP contribution in [0.25, 0.3) is 11.5 Å². The van der Waals surface area contributed by atoms with Gasteiger partial charge in [-0.25, -0.2) is 0 Å². The van der Waals surface area contributed by atoms with E-state index in [-0.39, 0.29) is 5.91 Å². The van der Waals surface area contributed by atoms with Crippen LogP contribution in [-0.2, 0) is 6.54 Å². The van der Waals surface area contributed by atoms with Crippen LogP contribution in [0.5, 0.6) is 5.75 Å². The summed E-state index contributed by atoms with van der Waals surface area (Å²) in [5.74, 6) is 2.37. The summed E-state index contributed by atoms with van der Waals surface area (Å²) in [5.41, 5.74) is 2.39. The lowest BCUT2D eigenvalue weighted by atomic mass is 10.2. The molecule has 2 aromatic heterocycles. The first-order chi connectivity index (χ1) is 14.1. The molecule has 0 spiro atoms. The maximum Gasteiger partial charge on any atom is 0.274 e. The van der Waals surface area contributed by atoms with Crippen LogP contribution < -0.4 is 4.74 Å². The number of carbonyl (C=O) groups excluding carboxylic acids is 1. The third-order valence-corrected chi connectivity index (χ3v) is 5.10. The van der Waals surface area contributed by atoms with E-state index in [1.165, 1.54) is 5.56 Å². The highest BCUT2D eigenvalue weighted by atomic mass is 16.5. The predicted octanol–water partition coefficient (Wildman–Crippen LogP) is 3.33. The number of H-pyrrole nitrogens is 1. The molecule has 1 aliphatic rings. The van der Waals surface area contributed by atoms with Gasteiger partial charge < -0.3 is 14.1 Å². The smallest absolute Gasteiger partial charge is 0.274 e. The average molecular weight is 394 g/mol. The van der Waals surface area contributed by atoms with E-state index in [0.717, 1.165) is 36.8 Å². The summed E-state index contributed by atoms with van der Waals surface area (Å²) >= 11 is 0. The Morgan fingerprint density at radius 3 is 2.55 bits per heavy atom. The minimum atomic E-state index is -0.0449. The van der Waals surface area contributed by atoms with Gasteiger partial charge in [0.2, 0.25) is 0 Å². The second-order valence-corrected chi connectivity index (χ2v) is 7.22. The minimum Gasteiger partial charge on any atom is -0.494 e. The lowest BCUT2D eigenvalue weighted by Gasteiger charge is -2.34. The molecule has 1 amide bonds. The molecule has 1 aliphatic heterocycles. The molecule has 3 aromatic rings. The zero-order valence-corrected chi connectivity index (χ0v) is 16.9. The van der Waals surface area contributed by atoms with Crippen LogP contribution >= 0.6 is 0 Å². The first-order valence-electron chi connectivity index (χ1n) is 9.98. The van der Waals surface area contributed by atoms with Gasteiger partial charge in [-0.3, -0.25) is 14.8 Å². The van der Waals surface area contributed by atoms with Crippen molar-refractivity contribution in [3.05, 3.63) is 59.5 Å². The SMILES string of the molecule is CCOc1ccc(CN2CCN(C(=O)c3cc(-c4ccc(C)o4)[nH]n3)CC2)cc1. The molecular weight excluding hydrogens is 368 g/mol. The molecule has 0 saturated carbocycles. The van der Waals surface area contributed by atoms with Crippen LogP contribution in [0, 0.1) is 6.92 Å². The molecule has 0 aliphatic carbocycles. The Bertz CT molecular complexity index is 953. The Morgan fingerprint density at radius 2 is 1.90 bits per heavy atom. The van der Waals surface area contributed by atoms with Crippen LogP contribution in [0.2, 0.25) is 0 Å². The number of carbonyl (C=O) groups is 1. The van der Waals surface area contributed by atoms with E-state index in [1.807, 2.05) is 43.0 Å². The van der Waals surface area contributed by atoms with Crippen molar-refractivity contribution >= 4 is 5.91 Å². The number of amides is 1. The van der Waals surface area contributed by atoms with E-state index in [9.17, 15) is 4.79 Å². The molecule has 0 atom stereocenters. The summed E-state index contributed by atoms with van der Waals surface area (Å²) in [5, 5.41) is 7.08. The van der Waals surface area contributed by atoms with Crippen LogP contribution in [0.1, 0.15) is 28.7 Å². The average Bonchev–Trinajstić information content (AvgIpc) is 3.39. The zero-order chi connectivity index (χ0) is 20.2. The number of ether oxygens (including phenoxy) is 1. The molecule has 1 saturated heterocycles. The van der Waals surface area contributed by atoms with E-state index in [0.29, 0.717) is 31.2 Å². The fourth-order valence-corrected chi connectivity index (χ4v) is 3.52. The van der Waals surface area contributed by atoms with Gasteiger partial charge in [-0.15, -0.1) is 0 Å². The Balaban J connectivity index is 1.31. The monoisotopic (exact) mass is 394 g/mol. The molecule has 1 aromatic carbocycles. The summed E-state index contributed by atoms with van der Waals surface area (Å²) in [7, 11) is 0. The Hall–Kier alpha value is -3.06. The highest BCUT2D eigenvalue weighted by Gasteiger charge is 2.24. The fourth-order valence-electron chi connectivity index (χ4n) is 3.52. The number of rotatable bonds is 6. The first kappa shape index (κ1) is 19.3. The highest BCUT2D eigenvalue weighted by molar-refractivity contribution is 5.93. The Morgan fingerprint density at radius 1 is 1.14 bits per heavy atom. The Kier molecular flexibility index (Phi) is 5.67. The summed E-state index contributed by atoms with van der Waals surface area (Å²) in [6, 6.07) is 13.7. The number of nitrogens with one attached hydrogen (secondary N) is 1. The lowest BCUT2D eigenvalue weighted by Crippen LogP contribution is -2.48. The van der Waals surface area contributed by atoms with Crippen molar-refractivity contribution in [2.75, 3.05) is 32.8 Å². The first-order valence-corrected chi connectivity index (χ1v) is 9.98. The molecule has 7 heteroatoms. The molecular formula is C22H26N4O3. The third kappa shape index (κ3) is 4.51. The normalized spacial score (nSPS) is 14.9. The molecule has 0 radical (unpaired) electrons. The topological polar surface area (TPSA) is 74.6 Å². The number of aromatic amines is 1. The number of piperazine rings is 1. The van der Waals surface area contributed by atoms with Crippen molar-refractivity contribution in [3.8, 4) is 17.2 Å². The Labute approximate surface area is 170 Å². The van der Waals surface area contributed by atoms with Crippen molar-refractivity contribution in [3.63, 3.8) is 0 Å². The minimum absolute atomic E-state index is 0.0449. The van der Waals surface area contributed by atoms with Gasteiger partial charge in [-0.05, 0) is 43.7 Å². The molecule has 152 valence electrons. The van der Waals surface area contributed by atoms with Crippen LogP contribution in [-0.4, -0.2) is 58.7 Å². The van der Waals surface area contributed by atoms with E-state index in [4.69, 9.17) is 9.15 Å². The number of aromatic nitrogens is 2. The van der Waals surface area contributed by atoms with Crippen LogP contribution in [0.4, 0.5) is 0 Å². The summed E-state index contributed by atoms with van der Waals surface area (Å²) in [6.45, 7) is 8.49. The number of nitrogens with zero attached hydrogens (tertiary/aromatic N) is 3. The van der Waals surface area contributed by atoms with Gasteiger partial charge in [-0.1, -0.05) is 12.1 Å². The molecule has 0 bridgehead atoms. The largest absolute Gasteiger partial charge is 0.494 e. The molecule has 0 unspecified atom stereocenters. The van der Waals surface area contributed by atoms with Gasteiger partial charge in [0.05, 0.1) is 6.61 Å². The molecule has 1 fully saturated rings. The van der Waals surface area contributed by atoms with Crippen LogP contribution in [0.3, 0.4) is 0 Å². The molecule has 3 heterocycles. The molecule has 7 nitrogen and oxygen atoms in total. The summed E-state index contributed by atoms with van der Waals surface area (Å²) in [6.07, 6.45) is 0. The zero-order valence-electron chi connectivity index (χ0n) is 16.9. The quantitative estimate of drug-likeness (QED) is 0.694. The van der Waals surface area contributed by atoms with E-state index in [1.54, 1.807) is 6.07 Å². The van der Waals surface area contributed by atoms with Crippen molar-refractivity contribution in [2.24, 2.45) is 0 Å². The van der Waals surface area contributed by atoms with Crippen molar-refractivity contribution in [1.82, 2.24) is 20.0 Å². The number of hydrogen-bond acceptors (Lipinski definition) is 5. The molecule has 1 N–H and O–H groups in total. The number of benzene rings is 1. The van der Waals surface area contributed by atoms with Gasteiger partial charge >= 0.3 is 0 Å². The number of aryl methyl sites for hydroxylation is 1. The van der Waals surface area contributed by atoms with E-state index >= 15 is 0 Å². The van der Waals surface area contributed by atoms with Crippen molar-refractivity contribution < 1.29 is 13.9 Å². The number of hydrogen-bond donors (Lipinski definition) is 1. The molecule has 29 heavy (non-hydrogen) atoms. The van der Waals surface area contributed by atoms with E-state index < -0.39 is 0 Å². The standard InChI is InChI=1S/C22H26N4O3/c1-3-28-18-7-5-17(6-8-18)15-25-10-12-26(13-11-25)22(27)20-14-19(23-24-20)21-9-4-16(2)29-21/h4-9,14H,3,10-13,15H2,1-2H3,(H,23,24). The van der Waals surface area contributed by atoms with Gasteiger partial charge in [0.15, 0.2) is 11.5 Å². The lowest BCUT2D eigenvalue weighted by molar-refractivity contribution is 0.0622. The number of furan rings is 1. The third-order valence-electron chi connectivity index (χ3n) is 5.10. The fraction of sp³-hybridized carbons (Fsp3) is 0.364. The van der Waals surface area contributed by atoms with Gasteiger partial charge in [0, 0.05) is 38.8 Å². The predicted molar refractivity (Wildman–Crippen MR) is 110 cm³/mol. The molecule has 4 rings (SSSR count).